The first kappa shape index (κ1) is 9.30. The van der Waals surface area contributed by atoms with E-state index in [1.165, 1.54) is 6.42 Å². The van der Waals surface area contributed by atoms with Crippen molar-refractivity contribution in [1.29, 1.82) is 0 Å². The number of carbonyl (C=O) groups excluding carboxylic acids is 1. The SMILES string of the molecule is C=C1CCCCC1OC(=O)CC. The minimum absolute atomic E-state index is 0.00574. The third-order valence-electron chi connectivity index (χ3n) is 2.23. The molecule has 1 saturated carbocycles. The van der Waals surface area contributed by atoms with E-state index in [9.17, 15) is 4.79 Å². The van der Waals surface area contributed by atoms with Crippen LogP contribution in [0, 0.1) is 0 Å². The number of rotatable bonds is 2. The van der Waals surface area contributed by atoms with Crippen LogP contribution in [0.2, 0.25) is 0 Å². The fourth-order valence-corrected chi connectivity index (χ4v) is 1.43. The number of esters is 1. The Balaban J connectivity index is 2.39. The molecule has 0 aromatic rings. The van der Waals surface area contributed by atoms with Crippen LogP contribution in [0.5, 0.6) is 0 Å². The lowest BCUT2D eigenvalue weighted by Crippen LogP contribution is -2.22. The molecule has 1 atom stereocenters. The molecule has 1 unspecified atom stereocenters. The van der Waals surface area contributed by atoms with E-state index in [1.807, 2.05) is 6.92 Å². The lowest BCUT2D eigenvalue weighted by molar-refractivity contribution is -0.147. The topological polar surface area (TPSA) is 26.3 Å². The van der Waals surface area contributed by atoms with Crippen molar-refractivity contribution in [2.24, 2.45) is 0 Å². The van der Waals surface area contributed by atoms with Gasteiger partial charge in [0.05, 0.1) is 0 Å². The van der Waals surface area contributed by atoms with Crippen molar-refractivity contribution in [3.8, 4) is 0 Å². The predicted octanol–water partition coefficient (Wildman–Crippen LogP) is 2.44. The van der Waals surface area contributed by atoms with E-state index in [1.54, 1.807) is 0 Å². The summed E-state index contributed by atoms with van der Waals surface area (Å²) in [5.41, 5.74) is 1.09. The fourth-order valence-electron chi connectivity index (χ4n) is 1.43. The zero-order valence-electron chi connectivity index (χ0n) is 7.64. The lowest BCUT2D eigenvalue weighted by atomic mass is 9.93. The average molecular weight is 168 g/mol. The molecule has 0 saturated heterocycles. The second-order valence-corrected chi connectivity index (χ2v) is 3.24. The van der Waals surface area contributed by atoms with Gasteiger partial charge in [-0.15, -0.1) is 0 Å². The molecule has 0 amide bonds. The van der Waals surface area contributed by atoms with Crippen LogP contribution < -0.4 is 0 Å². The molecule has 1 aliphatic rings. The average Bonchev–Trinajstić information content (AvgIpc) is 2.09. The summed E-state index contributed by atoms with van der Waals surface area (Å²) in [6.07, 6.45) is 4.79. The quantitative estimate of drug-likeness (QED) is 0.467. The zero-order valence-corrected chi connectivity index (χ0v) is 7.64. The molecule has 0 spiro atoms. The molecular weight excluding hydrogens is 152 g/mol. The van der Waals surface area contributed by atoms with E-state index in [2.05, 4.69) is 6.58 Å². The van der Waals surface area contributed by atoms with Gasteiger partial charge in [-0.3, -0.25) is 4.79 Å². The van der Waals surface area contributed by atoms with Gasteiger partial charge in [0.2, 0.25) is 0 Å². The van der Waals surface area contributed by atoms with Crippen LogP contribution in [0.3, 0.4) is 0 Å². The second kappa shape index (κ2) is 4.29. The van der Waals surface area contributed by atoms with Gasteiger partial charge in [-0.1, -0.05) is 13.5 Å². The zero-order chi connectivity index (χ0) is 8.97. The van der Waals surface area contributed by atoms with E-state index in [-0.39, 0.29) is 12.1 Å². The van der Waals surface area contributed by atoms with Crippen LogP contribution in [0.15, 0.2) is 12.2 Å². The molecule has 1 rings (SSSR count). The molecule has 2 nitrogen and oxygen atoms in total. The predicted molar refractivity (Wildman–Crippen MR) is 47.8 cm³/mol. The minimum Gasteiger partial charge on any atom is -0.458 e. The highest BCUT2D eigenvalue weighted by Gasteiger charge is 2.19. The molecule has 1 aliphatic carbocycles. The Morgan fingerprint density at radius 1 is 1.67 bits per heavy atom. The number of ether oxygens (including phenoxy) is 1. The molecule has 0 radical (unpaired) electrons. The summed E-state index contributed by atoms with van der Waals surface area (Å²) in [5.74, 6) is -0.108. The summed E-state index contributed by atoms with van der Waals surface area (Å²) in [6.45, 7) is 5.72. The molecule has 0 heterocycles. The minimum atomic E-state index is -0.108. The Labute approximate surface area is 73.6 Å². The van der Waals surface area contributed by atoms with Crippen LogP contribution in [0.25, 0.3) is 0 Å². The number of hydrogen-bond donors (Lipinski definition) is 0. The van der Waals surface area contributed by atoms with Crippen molar-refractivity contribution in [2.45, 2.75) is 45.1 Å². The maximum absolute atomic E-state index is 11.0. The van der Waals surface area contributed by atoms with E-state index in [0.29, 0.717) is 6.42 Å². The Kier molecular flexibility index (Phi) is 3.32. The van der Waals surface area contributed by atoms with Crippen molar-refractivity contribution in [1.82, 2.24) is 0 Å². The molecular formula is C10H16O2. The highest BCUT2D eigenvalue weighted by molar-refractivity contribution is 5.69. The lowest BCUT2D eigenvalue weighted by Gasteiger charge is -2.24. The molecule has 12 heavy (non-hydrogen) atoms. The standard InChI is InChI=1S/C10H16O2/c1-3-10(11)12-9-7-5-4-6-8(9)2/h9H,2-7H2,1H3. The summed E-state index contributed by atoms with van der Waals surface area (Å²) >= 11 is 0. The monoisotopic (exact) mass is 168 g/mol. The van der Waals surface area contributed by atoms with Crippen LogP contribution >= 0.6 is 0 Å². The van der Waals surface area contributed by atoms with E-state index in [4.69, 9.17) is 4.74 Å². The van der Waals surface area contributed by atoms with Crippen LogP contribution in [0.4, 0.5) is 0 Å². The summed E-state index contributed by atoms with van der Waals surface area (Å²) in [5, 5.41) is 0. The first-order valence-electron chi connectivity index (χ1n) is 4.61. The first-order chi connectivity index (χ1) is 5.74. The highest BCUT2D eigenvalue weighted by atomic mass is 16.5. The van der Waals surface area contributed by atoms with Crippen molar-refractivity contribution in [2.75, 3.05) is 0 Å². The van der Waals surface area contributed by atoms with Gasteiger partial charge in [0.1, 0.15) is 6.10 Å². The van der Waals surface area contributed by atoms with Gasteiger partial charge in [-0.2, -0.15) is 0 Å². The maximum Gasteiger partial charge on any atom is 0.306 e. The van der Waals surface area contributed by atoms with Gasteiger partial charge < -0.3 is 4.74 Å². The summed E-state index contributed by atoms with van der Waals surface area (Å²) in [6, 6.07) is 0. The molecule has 2 heteroatoms. The van der Waals surface area contributed by atoms with Crippen LogP contribution in [0.1, 0.15) is 39.0 Å². The summed E-state index contributed by atoms with van der Waals surface area (Å²) in [4.78, 5) is 11.0. The normalized spacial score (nSPS) is 23.8. The highest BCUT2D eigenvalue weighted by Crippen LogP contribution is 2.24. The Hall–Kier alpha value is -0.790. The Morgan fingerprint density at radius 3 is 3.00 bits per heavy atom. The molecule has 0 bridgehead atoms. The molecule has 68 valence electrons. The van der Waals surface area contributed by atoms with Crippen molar-refractivity contribution in [3.05, 3.63) is 12.2 Å². The third-order valence-corrected chi connectivity index (χ3v) is 2.23. The van der Waals surface area contributed by atoms with E-state index in [0.717, 1.165) is 24.8 Å². The van der Waals surface area contributed by atoms with E-state index >= 15 is 0 Å². The van der Waals surface area contributed by atoms with E-state index < -0.39 is 0 Å². The van der Waals surface area contributed by atoms with Gasteiger partial charge in [0, 0.05) is 6.42 Å². The van der Waals surface area contributed by atoms with Gasteiger partial charge in [-0.25, -0.2) is 0 Å². The first-order valence-corrected chi connectivity index (χ1v) is 4.61. The van der Waals surface area contributed by atoms with Crippen LogP contribution in [-0.4, -0.2) is 12.1 Å². The summed E-state index contributed by atoms with van der Waals surface area (Å²) < 4.78 is 5.21. The van der Waals surface area contributed by atoms with Crippen molar-refractivity contribution >= 4 is 5.97 Å². The number of hydrogen-bond acceptors (Lipinski definition) is 2. The summed E-state index contributed by atoms with van der Waals surface area (Å²) in [7, 11) is 0. The fraction of sp³-hybridized carbons (Fsp3) is 0.700. The maximum atomic E-state index is 11.0. The third kappa shape index (κ3) is 2.36. The van der Waals surface area contributed by atoms with Gasteiger partial charge in [0.25, 0.3) is 0 Å². The second-order valence-electron chi connectivity index (χ2n) is 3.24. The number of carbonyl (C=O) groups is 1. The van der Waals surface area contributed by atoms with Crippen LogP contribution in [-0.2, 0) is 9.53 Å². The molecule has 0 aromatic heterocycles. The largest absolute Gasteiger partial charge is 0.458 e. The van der Waals surface area contributed by atoms with Gasteiger partial charge in [0.15, 0.2) is 0 Å². The molecule has 0 aliphatic heterocycles. The van der Waals surface area contributed by atoms with Gasteiger partial charge in [-0.05, 0) is 31.3 Å². The molecule has 0 N–H and O–H groups in total. The van der Waals surface area contributed by atoms with Crippen molar-refractivity contribution in [3.63, 3.8) is 0 Å². The molecule has 1 fully saturated rings. The van der Waals surface area contributed by atoms with Crippen molar-refractivity contribution < 1.29 is 9.53 Å². The Bertz CT molecular complexity index is 184. The Morgan fingerprint density at radius 2 is 2.42 bits per heavy atom. The van der Waals surface area contributed by atoms with Gasteiger partial charge >= 0.3 is 5.97 Å². The smallest absolute Gasteiger partial charge is 0.306 e. The molecule has 0 aromatic carbocycles.